The first-order valence-electron chi connectivity index (χ1n) is 5.62. The summed E-state index contributed by atoms with van der Waals surface area (Å²) in [5, 5.41) is 0. The van der Waals surface area contributed by atoms with Crippen LogP contribution in [0.15, 0.2) is 24.3 Å². The molecule has 0 aliphatic carbocycles. The number of rotatable bonds is 2. The van der Waals surface area contributed by atoms with Gasteiger partial charge >= 0.3 is 6.36 Å². The van der Waals surface area contributed by atoms with Crippen LogP contribution in [-0.2, 0) is 10.3 Å². The van der Waals surface area contributed by atoms with Gasteiger partial charge in [0.2, 0.25) is 0 Å². The van der Waals surface area contributed by atoms with Gasteiger partial charge < -0.3 is 15.2 Å². The summed E-state index contributed by atoms with van der Waals surface area (Å²) < 4.78 is 45.5. The Hall–Kier alpha value is -0.980. The summed E-state index contributed by atoms with van der Waals surface area (Å²) >= 11 is 0. The lowest BCUT2D eigenvalue weighted by Crippen LogP contribution is -2.42. The lowest BCUT2D eigenvalue weighted by atomic mass is 9.84. The summed E-state index contributed by atoms with van der Waals surface area (Å²) in [4.78, 5) is 0. The fourth-order valence-electron chi connectivity index (χ4n) is 2.03. The molecule has 0 radical (unpaired) electrons. The van der Waals surface area contributed by atoms with Gasteiger partial charge in [-0.15, -0.1) is 25.6 Å². The fourth-order valence-corrected chi connectivity index (χ4v) is 2.03. The van der Waals surface area contributed by atoms with Gasteiger partial charge in [-0.3, -0.25) is 0 Å². The number of nitrogens with two attached hydrogens (primary N) is 1. The van der Waals surface area contributed by atoms with Crippen LogP contribution in [0.1, 0.15) is 18.4 Å². The van der Waals surface area contributed by atoms with Crippen molar-refractivity contribution in [1.82, 2.24) is 0 Å². The molecule has 7 heteroatoms. The van der Waals surface area contributed by atoms with Crippen molar-refractivity contribution in [2.75, 3.05) is 13.2 Å². The molecule has 1 saturated heterocycles. The molecule has 1 aliphatic heterocycles. The van der Waals surface area contributed by atoms with Gasteiger partial charge in [0, 0.05) is 18.8 Å². The van der Waals surface area contributed by atoms with E-state index in [0.29, 0.717) is 31.6 Å². The van der Waals surface area contributed by atoms with Gasteiger partial charge in [0.25, 0.3) is 0 Å². The largest absolute Gasteiger partial charge is 0.573 e. The molecule has 0 unspecified atom stereocenters. The Bertz CT molecular complexity index is 420. The minimum absolute atomic E-state index is 0. The van der Waals surface area contributed by atoms with E-state index in [1.165, 1.54) is 18.2 Å². The smallest absolute Gasteiger partial charge is 0.406 e. The molecule has 108 valence electrons. The van der Waals surface area contributed by atoms with Gasteiger partial charge in [0.1, 0.15) is 5.75 Å². The second-order valence-electron chi connectivity index (χ2n) is 4.34. The number of hydrogen-bond acceptors (Lipinski definition) is 3. The van der Waals surface area contributed by atoms with Crippen molar-refractivity contribution in [2.45, 2.75) is 24.7 Å². The van der Waals surface area contributed by atoms with Crippen LogP contribution in [0.4, 0.5) is 13.2 Å². The van der Waals surface area contributed by atoms with Gasteiger partial charge in [-0.05, 0) is 30.5 Å². The van der Waals surface area contributed by atoms with Crippen molar-refractivity contribution in [3.8, 4) is 5.75 Å². The van der Waals surface area contributed by atoms with Gasteiger partial charge in [0.05, 0.1) is 0 Å². The minimum Gasteiger partial charge on any atom is -0.406 e. The highest BCUT2D eigenvalue weighted by Gasteiger charge is 2.33. The summed E-state index contributed by atoms with van der Waals surface area (Å²) in [6.07, 6.45) is -3.51. The first kappa shape index (κ1) is 16.1. The number of benzene rings is 1. The Balaban J connectivity index is 0.00000180. The van der Waals surface area contributed by atoms with E-state index in [4.69, 9.17) is 10.5 Å². The van der Waals surface area contributed by atoms with E-state index in [-0.39, 0.29) is 18.2 Å². The standard InChI is InChI=1S/C12H14F3NO2.ClH/c13-12(14,15)18-10-3-1-2-9(8-10)11(16)4-6-17-7-5-11;/h1-3,8H,4-7,16H2;1H. The van der Waals surface area contributed by atoms with E-state index in [1.54, 1.807) is 6.07 Å². The summed E-state index contributed by atoms with van der Waals surface area (Å²) in [5.74, 6) is -0.240. The SMILES string of the molecule is Cl.NC1(c2cccc(OC(F)(F)F)c2)CCOCC1. The highest BCUT2D eigenvalue weighted by molar-refractivity contribution is 5.85. The molecule has 19 heavy (non-hydrogen) atoms. The molecule has 0 atom stereocenters. The molecule has 2 rings (SSSR count). The molecular formula is C12H15ClF3NO2. The predicted molar refractivity (Wildman–Crippen MR) is 66.3 cm³/mol. The maximum absolute atomic E-state index is 12.1. The molecule has 1 aliphatic rings. The average molecular weight is 298 g/mol. The molecule has 0 amide bonds. The molecule has 0 saturated carbocycles. The highest BCUT2D eigenvalue weighted by Crippen LogP contribution is 2.32. The molecule has 1 heterocycles. The minimum atomic E-state index is -4.68. The third-order valence-electron chi connectivity index (χ3n) is 3.03. The topological polar surface area (TPSA) is 44.5 Å². The second kappa shape index (κ2) is 5.98. The number of alkyl halides is 3. The Morgan fingerprint density at radius 1 is 1.21 bits per heavy atom. The zero-order valence-electron chi connectivity index (χ0n) is 10.1. The molecule has 3 nitrogen and oxygen atoms in total. The van der Waals surface area contributed by atoms with Crippen LogP contribution in [-0.4, -0.2) is 19.6 Å². The molecule has 1 aromatic rings. The summed E-state index contributed by atoms with van der Waals surface area (Å²) in [6.45, 7) is 1.03. The third-order valence-corrected chi connectivity index (χ3v) is 3.03. The van der Waals surface area contributed by atoms with E-state index in [0.717, 1.165) is 0 Å². The van der Waals surface area contributed by atoms with Crippen LogP contribution in [0.3, 0.4) is 0 Å². The highest BCUT2D eigenvalue weighted by atomic mass is 35.5. The lowest BCUT2D eigenvalue weighted by molar-refractivity contribution is -0.274. The quantitative estimate of drug-likeness (QED) is 0.913. The Kier molecular flexibility index (Phi) is 5.06. The van der Waals surface area contributed by atoms with Gasteiger partial charge in [0.15, 0.2) is 0 Å². The van der Waals surface area contributed by atoms with Crippen molar-refractivity contribution in [3.63, 3.8) is 0 Å². The molecule has 2 N–H and O–H groups in total. The zero-order chi connectivity index (χ0) is 13.2. The fraction of sp³-hybridized carbons (Fsp3) is 0.500. The second-order valence-corrected chi connectivity index (χ2v) is 4.34. The number of ether oxygens (including phenoxy) is 2. The van der Waals surface area contributed by atoms with E-state index in [2.05, 4.69) is 4.74 Å². The first-order chi connectivity index (χ1) is 8.39. The van der Waals surface area contributed by atoms with Crippen LogP contribution in [0.5, 0.6) is 5.75 Å². The van der Waals surface area contributed by atoms with Crippen LogP contribution in [0.25, 0.3) is 0 Å². The average Bonchev–Trinajstić information content (AvgIpc) is 2.28. The Labute approximate surface area is 115 Å². The normalized spacial score (nSPS) is 18.5. The Morgan fingerprint density at radius 2 is 1.84 bits per heavy atom. The number of halogens is 4. The van der Waals surface area contributed by atoms with Crippen LogP contribution in [0, 0.1) is 0 Å². The van der Waals surface area contributed by atoms with Gasteiger partial charge in [-0.2, -0.15) is 0 Å². The van der Waals surface area contributed by atoms with Crippen LogP contribution < -0.4 is 10.5 Å². The van der Waals surface area contributed by atoms with E-state index < -0.39 is 11.9 Å². The number of hydrogen-bond donors (Lipinski definition) is 1. The zero-order valence-corrected chi connectivity index (χ0v) is 10.9. The molecule has 0 bridgehead atoms. The van der Waals surface area contributed by atoms with E-state index >= 15 is 0 Å². The van der Waals surface area contributed by atoms with Crippen LogP contribution >= 0.6 is 12.4 Å². The maximum Gasteiger partial charge on any atom is 0.573 e. The van der Waals surface area contributed by atoms with Gasteiger partial charge in [-0.1, -0.05) is 12.1 Å². The summed E-state index contributed by atoms with van der Waals surface area (Å²) in [7, 11) is 0. The molecular weight excluding hydrogens is 283 g/mol. The lowest BCUT2D eigenvalue weighted by Gasteiger charge is -2.34. The van der Waals surface area contributed by atoms with E-state index in [9.17, 15) is 13.2 Å². The maximum atomic E-state index is 12.1. The molecule has 1 aromatic carbocycles. The first-order valence-corrected chi connectivity index (χ1v) is 5.62. The molecule has 1 fully saturated rings. The van der Waals surface area contributed by atoms with Crippen molar-refractivity contribution in [2.24, 2.45) is 5.73 Å². The van der Waals surface area contributed by atoms with Crippen molar-refractivity contribution >= 4 is 12.4 Å². The summed E-state index contributed by atoms with van der Waals surface area (Å²) in [5.41, 5.74) is 6.21. The van der Waals surface area contributed by atoms with E-state index in [1.807, 2.05) is 0 Å². The van der Waals surface area contributed by atoms with Gasteiger partial charge in [-0.25, -0.2) is 0 Å². The third kappa shape index (κ3) is 4.26. The van der Waals surface area contributed by atoms with Crippen molar-refractivity contribution in [3.05, 3.63) is 29.8 Å². The monoisotopic (exact) mass is 297 g/mol. The molecule has 0 spiro atoms. The Morgan fingerprint density at radius 3 is 2.42 bits per heavy atom. The summed E-state index contributed by atoms with van der Waals surface area (Å²) in [6, 6.07) is 5.84. The van der Waals surface area contributed by atoms with Crippen LogP contribution in [0.2, 0.25) is 0 Å². The predicted octanol–water partition coefficient (Wildman–Crippen LogP) is 2.97. The van der Waals surface area contributed by atoms with Crippen molar-refractivity contribution in [1.29, 1.82) is 0 Å². The van der Waals surface area contributed by atoms with Crippen molar-refractivity contribution < 1.29 is 22.6 Å². The molecule has 0 aromatic heterocycles.